The third-order valence-electron chi connectivity index (χ3n) is 5.17. The number of alkyl halides is 3. The molecule has 0 atom stereocenters. The van der Waals surface area contributed by atoms with E-state index in [0.717, 1.165) is 17.8 Å². The molecule has 0 saturated heterocycles. The molecule has 35 heavy (non-hydrogen) atoms. The first-order chi connectivity index (χ1) is 16.7. The molecule has 0 unspecified atom stereocenters. The third kappa shape index (κ3) is 6.99. The molecule has 0 aliphatic carbocycles. The number of benzene rings is 2. The minimum Gasteiger partial charge on any atom is -0.462 e. The molecule has 9 heteroatoms. The Morgan fingerprint density at radius 3 is 2.51 bits per heavy atom. The number of carbonyl (C=O) groups is 2. The molecular weight excluding hydrogens is 459 g/mol. The van der Waals surface area contributed by atoms with Crippen molar-refractivity contribution in [2.24, 2.45) is 0 Å². The molecule has 2 amide bonds. The lowest BCUT2D eigenvalue weighted by Gasteiger charge is -2.23. The van der Waals surface area contributed by atoms with Crippen molar-refractivity contribution >= 4 is 17.7 Å². The van der Waals surface area contributed by atoms with Gasteiger partial charge in [0, 0.05) is 30.7 Å². The van der Waals surface area contributed by atoms with Crippen molar-refractivity contribution in [2.45, 2.75) is 26.2 Å². The van der Waals surface area contributed by atoms with Crippen LogP contribution in [-0.4, -0.2) is 34.6 Å². The summed E-state index contributed by atoms with van der Waals surface area (Å²) in [5.41, 5.74) is 1.41. The highest BCUT2D eigenvalue weighted by molar-refractivity contribution is 5.92. The van der Waals surface area contributed by atoms with Crippen molar-refractivity contribution in [2.75, 3.05) is 18.5 Å². The molecule has 3 aromatic rings. The largest absolute Gasteiger partial charge is 0.462 e. The highest BCUT2D eigenvalue weighted by Gasteiger charge is 2.30. The molecule has 1 aromatic heterocycles. The Morgan fingerprint density at radius 1 is 1.11 bits per heavy atom. The number of halogens is 3. The van der Waals surface area contributed by atoms with Crippen LogP contribution in [0.3, 0.4) is 0 Å². The average Bonchev–Trinajstić information content (AvgIpc) is 3.25. The van der Waals surface area contributed by atoms with Crippen LogP contribution in [-0.2, 0) is 24.0 Å². The van der Waals surface area contributed by atoms with Gasteiger partial charge in [0.15, 0.2) is 0 Å². The summed E-state index contributed by atoms with van der Waals surface area (Å²) < 4.78 is 45.9. The van der Waals surface area contributed by atoms with Gasteiger partial charge in [0.25, 0.3) is 0 Å². The van der Waals surface area contributed by atoms with Gasteiger partial charge in [0.1, 0.15) is 0 Å². The van der Waals surface area contributed by atoms with Crippen molar-refractivity contribution in [1.82, 2.24) is 9.47 Å². The molecule has 2 aromatic carbocycles. The standard InChI is InChI=1S/C26H26F3N3O3/c1-3-14-32(25(34)30-22-12-10-20(11-13-22)24(33)35-4-2)18-23-9-6-15-31(23)17-19-7-5-8-21(16-19)26(27,28)29/h3,5-13,15-16H,1,4,14,17-18H2,2H3,(H,30,34). The number of amides is 2. The van der Waals surface area contributed by atoms with E-state index in [-0.39, 0.29) is 32.3 Å². The Hall–Kier alpha value is -4.01. The number of hydrogen-bond donors (Lipinski definition) is 1. The summed E-state index contributed by atoms with van der Waals surface area (Å²) in [7, 11) is 0. The van der Waals surface area contributed by atoms with Crippen LogP contribution in [0.2, 0.25) is 0 Å². The highest BCUT2D eigenvalue weighted by Crippen LogP contribution is 2.29. The second-order valence-electron chi connectivity index (χ2n) is 7.72. The number of anilines is 1. The van der Waals surface area contributed by atoms with Gasteiger partial charge in [-0.1, -0.05) is 18.2 Å². The number of nitrogens with zero attached hydrogens (tertiary/aromatic N) is 2. The van der Waals surface area contributed by atoms with Gasteiger partial charge in [-0.2, -0.15) is 13.2 Å². The normalized spacial score (nSPS) is 11.1. The average molecular weight is 486 g/mol. The number of esters is 1. The van der Waals surface area contributed by atoms with E-state index in [0.29, 0.717) is 16.8 Å². The molecule has 0 bridgehead atoms. The molecule has 184 valence electrons. The maximum Gasteiger partial charge on any atom is 0.416 e. The maximum absolute atomic E-state index is 13.1. The number of carbonyl (C=O) groups excluding carboxylic acids is 2. The number of hydrogen-bond acceptors (Lipinski definition) is 3. The molecule has 0 radical (unpaired) electrons. The van der Waals surface area contributed by atoms with E-state index in [2.05, 4.69) is 11.9 Å². The topological polar surface area (TPSA) is 63.6 Å². The molecule has 0 saturated carbocycles. The lowest BCUT2D eigenvalue weighted by Crippen LogP contribution is -2.35. The monoisotopic (exact) mass is 485 g/mol. The quantitative estimate of drug-likeness (QED) is 0.301. The predicted molar refractivity (Wildman–Crippen MR) is 127 cm³/mol. The van der Waals surface area contributed by atoms with Gasteiger partial charge >= 0.3 is 18.2 Å². The van der Waals surface area contributed by atoms with Crippen LogP contribution in [0.15, 0.2) is 79.5 Å². The summed E-state index contributed by atoms with van der Waals surface area (Å²) in [4.78, 5) is 26.2. The number of nitrogens with one attached hydrogen (secondary N) is 1. The highest BCUT2D eigenvalue weighted by atomic mass is 19.4. The Bertz CT molecular complexity index is 1170. The van der Waals surface area contributed by atoms with E-state index in [1.54, 1.807) is 60.2 Å². The lowest BCUT2D eigenvalue weighted by atomic mass is 10.1. The third-order valence-corrected chi connectivity index (χ3v) is 5.17. The van der Waals surface area contributed by atoms with Crippen molar-refractivity contribution in [3.05, 3.63) is 102 Å². The molecule has 1 heterocycles. The van der Waals surface area contributed by atoms with Crippen LogP contribution >= 0.6 is 0 Å². The van der Waals surface area contributed by atoms with E-state index < -0.39 is 17.7 Å². The number of ether oxygens (including phenoxy) is 1. The molecule has 0 spiro atoms. The van der Waals surface area contributed by atoms with Gasteiger partial charge in [0.2, 0.25) is 0 Å². The molecule has 1 N–H and O–H groups in total. The van der Waals surface area contributed by atoms with Crippen LogP contribution in [0.4, 0.5) is 23.7 Å². The zero-order chi connectivity index (χ0) is 25.4. The summed E-state index contributed by atoms with van der Waals surface area (Å²) in [6, 6.07) is 14.7. The van der Waals surface area contributed by atoms with Crippen molar-refractivity contribution in [3.8, 4) is 0 Å². The van der Waals surface area contributed by atoms with Crippen molar-refractivity contribution in [1.29, 1.82) is 0 Å². The maximum atomic E-state index is 13.1. The first-order valence-corrected chi connectivity index (χ1v) is 11.0. The minimum absolute atomic E-state index is 0.213. The number of urea groups is 1. The fourth-order valence-corrected chi connectivity index (χ4v) is 3.47. The lowest BCUT2D eigenvalue weighted by molar-refractivity contribution is -0.137. The summed E-state index contributed by atoms with van der Waals surface area (Å²) in [5, 5.41) is 2.78. The van der Waals surface area contributed by atoms with Gasteiger partial charge in [-0.3, -0.25) is 0 Å². The Kier molecular flexibility index (Phi) is 8.35. The fourth-order valence-electron chi connectivity index (χ4n) is 3.47. The summed E-state index contributed by atoms with van der Waals surface area (Å²) in [6.07, 6.45) is -1.07. The van der Waals surface area contributed by atoms with E-state index in [1.807, 2.05) is 6.07 Å². The Balaban J connectivity index is 1.70. The zero-order valence-electron chi connectivity index (χ0n) is 19.2. The first-order valence-electron chi connectivity index (χ1n) is 11.0. The second-order valence-corrected chi connectivity index (χ2v) is 7.72. The van der Waals surface area contributed by atoms with Gasteiger partial charge < -0.3 is 19.5 Å². The van der Waals surface area contributed by atoms with Crippen LogP contribution in [0.1, 0.15) is 34.1 Å². The summed E-state index contributed by atoms with van der Waals surface area (Å²) in [6.45, 7) is 6.38. The minimum atomic E-state index is -4.41. The van der Waals surface area contributed by atoms with E-state index in [9.17, 15) is 22.8 Å². The van der Waals surface area contributed by atoms with Gasteiger partial charge in [-0.05, 0) is 61.0 Å². The van der Waals surface area contributed by atoms with Crippen LogP contribution in [0.5, 0.6) is 0 Å². The Morgan fingerprint density at radius 2 is 1.86 bits per heavy atom. The van der Waals surface area contributed by atoms with Crippen LogP contribution in [0.25, 0.3) is 0 Å². The number of aromatic nitrogens is 1. The first kappa shape index (κ1) is 25.6. The molecule has 0 aliphatic heterocycles. The van der Waals surface area contributed by atoms with E-state index >= 15 is 0 Å². The van der Waals surface area contributed by atoms with Gasteiger partial charge in [0.05, 0.1) is 24.3 Å². The zero-order valence-corrected chi connectivity index (χ0v) is 19.2. The smallest absolute Gasteiger partial charge is 0.416 e. The molecule has 3 rings (SSSR count). The Labute approximate surface area is 201 Å². The van der Waals surface area contributed by atoms with Crippen molar-refractivity contribution in [3.63, 3.8) is 0 Å². The van der Waals surface area contributed by atoms with Gasteiger partial charge in [-0.15, -0.1) is 6.58 Å². The van der Waals surface area contributed by atoms with E-state index in [1.165, 1.54) is 11.0 Å². The van der Waals surface area contributed by atoms with Crippen LogP contribution < -0.4 is 5.32 Å². The molecule has 0 fully saturated rings. The summed E-state index contributed by atoms with van der Waals surface area (Å²) in [5.74, 6) is -0.444. The second kappa shape index (κ2) is 11.4. The fraction of sp³-hybridized carbons (Fsp3) is 0.231. The van der Waals surface area contributed by atoms with Gasteiger partial charge in [-0.25, -0.2) is 9.59 Å². The number of rotatable bonds is 9. The van der Waals surface area contributed by atoms with Crippen LogP contribution in [0, 0.1) is 0 Å². The molecule has 0 aliphatic rings. The summed E-state index contributed by atoms with van der Waals surface area (Å²) >= 11 is 0. The predicted octanol–water partition coefficient (Wildman–Crippen LogP) is 5.95. The van der Waals surface area contributed by atoms with E-state index in [4.69, 9.17) is 4.74 Å². The molecule has 6 nitrogen and oxygen atoms in total. The molecular formula is C26H26F3N3O3. The SMILES string of the molecule is C=CCN(Cc1cccn1Cc1cccc(C(F)(F)F)c1)C(=O)Nc1ccc(C(=O)OCC)cc1. The van der Waals surface area contributed by atoms with Crippen molar-refractivity contribution < 1.29 is 27.5 Å².